The second kappa shape index (κ2) is 13.6. The number of allylic oxidation sites excluding steroid dienone is 1. The van der Waals surface area contributed by atoms with E-state index in [9.17, 15) is 29.1 Å². The summed E-state index contributed by atoms with van der Waals surface area (Å²) < 4.78 is 0. The van der Waals surface area contributed by atoms with Crippen LogP contribution in [-0.2, 0) is 24.0 Å². The van der Waals surface area contributed by atoms with Crippen LogP contribution in [0.25, 0.3) is 0 Å². The highest BCUT2D eigenvalue weighted by atomic mass is 16.3. The number of nitrogens with two attached hydrogens (primary N) is 2. The number of hydrogen-bond donors (Lipinski definition) is 6. The van der Waals surface area contributed by atoms with Gasteiger partial charge in [-0.1, -0.05) is 31.4 Å². The van der Waals surface area contributed by atoms with Crippen molar-refractivity contribution in [3.05, 3.63) is 18.6 Å². The van der Waals surface area contributed by atoms with Crippen molar-refractivity contribution < 1.29 is 29.1 Å². The van der Waals surface area contributed by atoms with Gasteiger partial charge in [0.15, 0.2) is 0 Å². The third-order valence-corrected chi connectivity index (χ3v) is 9.89. The molecular formula is C31H48N5O6. The van der Waals surface area contributed by atoms with E-state index < -0.39 is 40.7 Å². The van der Waals surface area contributed by atoms with Crippen molar-refractivity contribution in [1.82, 2.24) is 16.0 Å². The van der Waals surface area contributed by atoms with E-state index >= 15 is 0 Å². The lowest BCUT2D eigenvalue weighted by molar-refractivity contribution is -0.139. The Balaban J connectivity index is 1.25. The first kappa shape index (κ1) is 32.0. The summed E-state index contributed by atoms with van der Waals surface area (Å²) in [4.78, 5) is 63.0. The number of carbonyl (C=O) groups is 5. The van der Waals surface area contributed by atoms with Gasteiger partial charge in [-0.2, -0.15) is 0 Å². The van der Waals surface area contributed by atoms with Gasteiger partial charge in [0, 0.05) is 25.6 Å². The highest BCUT2D eigenvalue weighted by Gasteiger charge is 2.50. The molecule has 3 fully saturated rings. The standard InChI is InChI=1S/C31H48N5O6/c1-30(28(32)40,18-35-23(37)15-19-7-3-2-4-8-19)17-24(38)36-26-21-10-9-20(16-21)25(26)27(39)34-14-6-5-13-31(42,29(33)41)22-11-12-22/h9-10,15,19-22,25-26,42H,2-8,11-14,16-18H2,1H3,(H2,32,40)(H2,33,41)(H,34,39)(H,35,37)(H,36,38). The maximum Gasteiger partial charge on any atom is 0.249 e. The first-order valence-electron chi connectivity index (χ1n) is 15.6. The van der Waals surface area contributed by atoms with Crippen molar-refractivity contribution >= 4 is 29.5 Å². The maximum absolute atomic E-state index is 13.2. The molecule has 233 valence electrons. The molecule has 11 heteroatoms. The van der Waals surface area contributed by atoms with Crippen molar-refractivity contribution in [2.45, 2.75) is 95.6 Å². The summed E-state index contributed by atoms with van der Waals surface area (Å²) in [5.41, 5.74) is 8.35. The number of hydrogen-bond acceptors (Lipinski definition) is 6. The summed E-state index contributed by atoms with van der Waals surface area (Å²) in [6, 6.07) is -0.409. The predicted molar refractivity (Wildman–Crippen MR) is 156 cm³/mol. The summed E-state index contributed by atoms with van der Waals surface area (Å²) >= 11 is 0. The number of amides is 5. The van der Waals surface area contributed by atoms with Gasteiger partial charge in [0.25, 0.3) is 0 Å². The van der Waals surface area contributed by atoms with Crippen LogP contribution in [0.3, 0.4) is 0 Å². The summed E-state index contributed by atoms with van der Waals surface area (Å²) in [6.45, 7) is 1.90. The van der Waals surface area contributed by atoms with E-state index in [4.69, 9.17) is 11.5 Å². The zero-order chi connectivity index (χ0) is 30.5. The van der Waals surface area contributed by atoms with Gasteiger partial charge < -0.3 is 32.5 Å². The Morgan fingerprint density at radius 1 is 0.929 bits per heavy atom. The second-order valence-corrected chi connectivity index (χ2v) is 13.3. The number of aliphatic hydroxyl groups is 1. The lowest BCUT2D eigenvalue weighted by atomic mass is 9.83. The van der Waals surface area contributed by atoms with Gasteiger partial charge in [0.2, 0.25) is 29.5 Å². The number of primary amides is 2. The Kier molecular flexibility index (Phi) is 10.3. The van der Waals surface area contributed by atoms with E-state index in [-0.39, 0.29) is 54.9 Å². The number of carbonyl (C=O) groups excluding carboxylic acids is 5. The fourth-order valence-corrected chi connectivity index (χ4v) is 7.00. The molecule has 0 saturated heterocycles. The number of fused-ring (bicyclic) bond motifs is 2. The Morgan fingerprint density at radius 3 is 2.26 bits per heavy atom. The van der Waals surface area contributed by atoms with E-state index in [1.807, 2.05) is 12.2 Å². The molecule has 1 radical (unpaired) electrons. The van der Waals surface area contributed by atoms with Crippen molar-refractivity contribution in [1.29, 1.82) is 0 Å². The summed E-state index contributed by atoms with van der Waals surface area (Å²) in [5.74, 6) is -2.42. The van der Waals surface area contributed by atoms with E-state index in [1.54, 1.807) is 13.3 Å². The molecule has 4 rings (SSSR count). The molecule has 4 aliphatic carbocycles. The maximum atomic E-state index is 13.2. The van der Waals surface area contributed by atoms with Crippen LogP contribution in [0, 0.1) is 41.4 Å². The molecule has 6 unspecified atom stereocenters. The Morgan fingerprint density at radius 2 is 1.62 bits per heavy atom. The molecule has 3 saturated carbocycles. The van der Waals surface area contributed by atoms with Crippen LogP contribution in [0.1, 0.15) is 84.0 Å². The molecule has 5 amide bonds. The van der Waals surface area contributed by atoms with E-state index in [0.29, 0.717) is 19.4 Å². The van der Waals surface area contributed by atoms with E-state index in [2.05, 4.69) is 16.0 Å². The van der Waals surface area contributed by atoms with Crippen molar-refractivity contribution in [3.8, 4) is 0 Å². The molecule has 0 aromatic carbocycles. The molecule has 0 aromatic rings. The van der Waals surface area contributed by atoms with Gasteiger partial charge in [-0.3, -0.25) is 24.0 Å². The van der Waals surface area contributed by atoms with Gasteiger partial charge in [-0.15, -0.1) is 0 Å². The Labute approximate surface area is 248 Å². The minimum absolute atomic E-state index is 0.00672. The number of unbranched alkanes of at least 4 members (excludes halogenated alkanes) is 1. The monoisotopic (exact) mass is 586 g/mol. The highest BCUT2D eigenvalue weighted by Crippen LogP contribution is 2.44. The third kappa shape index (κ3) is 7.71. The summed E-state index contributed by atoms with van der Waals surface area (Å²) in [5, 5.41) is 19.3. The quantitative estimate of drug-likeness (QED) is 0.115. The van der Waals surface area contributed by atoms with Crippen LogP contribution in [0.2, 0.25) is 0 Å². The molecular weight excluding hydrogens is 538 g/mol. The lowest BCUT2D eigenvalue weighted by Gasteiger charge is -2.31. The van der Waals surface area contributed by atoms with Crippen LogP contribution in [0.5, 0.6) is 0 Å². The molecule has 4 aliphatic rings. The average Bonchev–Trinajstić information content (AvgIpc) is 3.62. The molecule has 42 heavy (non-hydrogen) atoms. The predicted octanol–water partition coefficient (Wildman–Crippen LogP) is 0.989. The van der Waals surface area contributed by atoms with Gasteiger partial charge >= 0.3 is 0 Å². The Hall–Kier alpha value is -2.95. The lowest BCUT2D eigenvalue weighted by Crippen LogP contribution is -2.52. The SMILES string of the molecule is CC(CNC(=O)[CH]C1CCCCC1)(CC(=O)NC1C2C=CC(C2)C1C(=O)NCCCCC(O)(C(N)=O)C1CC1)C(N)=O. The van der Waals surface area contributed by atoms with Gasteiger partial charge in [-0.25, -0.2) is 0 Å². The minimum atomic E-state index is -1.47. The first-order valence-corrected chi connectivity index (χ1v) is 15.6. The van der Waals surface area contributed by atoms with Crippen LogP contribution in [-0.4, -0.2) is 59.4 Å². The van der Waals surface area contributed by atoms with Crippen molar-refractivity contribution in [2.24, 2.45) is 46.5 Å². The zero-order valence-electron chi connectivity index (χ0n) is 24.7. The second-order valence-electron chi connectivity index (χ2n) is 13.3. The van der Waals surface area contributed by atoms with Gasteiger partial charge in [-0.05, 0) is 82.0 Å². The average molecular weight is 587 g/mol. The number of nitrogens with one attached hydrogen (secondary N) is 3. The van der Waals surface area contributed by atoms with Crippen LogP contribution in [0.15, 0.2) is 12.2 Å². The summed E-state index contributed by atoms with van der Waals surface area (Å²) in [7, 11) is 0. The van der Waals surface area contributed by atoms with Crippen LogP contribution in [0.4, 0.5) is 0 Å². The molecule has 0 spiro atoms. The molecule has 11 nitrogen and oxygen atoms in total. The van der Waals surface area contributed by atoms with E-state index in [0.717, 1.165) is 44.9 Å². The molecule has 0 aliphatic heterocycles. The van der Waals surface area contributed by atoms with Gasteiger partial charge in [0.1, 0.15) is 5.60 Å². The molecule has 2 bridgehead atoms. The Bertz CT molecular complexity index is 1070. The minimum Gasteiger partial charge on any atom is -0.380 e. The number of rotatable bonds is 16. The van der Waals surface area contributed by atoms with Gasteiger partial charge in [0.05, 0.1) is 17.8 Å². The normalized spacial score (nSPS) is 28.0. The fourth-order valence-electron chi connectivity index (χ4n) is 7.00. The zero-order valence-corrected chi connectivity index (χ0v) is 24.7. The van der Waals surface area contributed by atoms with E-state index in [1.165, 1.54) is 6.42 Å². The first-order chi connectivity index (χ1) is 19.9. The van der Waals surface area contributed by atoms with Crippen LogP contribution >= 0.6 is 0 Å². The summed E-state index contributed by atoms with van der Waals surface area (Å²) in [6.07, 6.45) is 14.6. The largest absolute Gasteiger partial charge is 0.380 e. The van der Waals surface area contributed by atoms with Crippen molar-refractivity contribution in [2.75, 3.05) is 13.1 Å². The highest BCUT2D eigenvalue weighted by molar-refractivity contribution is 5.90. The smallest absolute Gasteiger partial charge is 0.249 e. The third-order valence-electron chi connectivity index (χ3n) is 9.89. The molecule has 6 atom stereocenters. The molecule has 8 N–H and O–H groups in total. The molecule has 0 aromatic heterocycles. The topological polar surface area (TPSA) is 194 Å². The fraction of sp³-hybridized carbons (Fsp3) is 0.742. The van der Waals surface area contributed by atoms with Crippen molar-refractivity contribution in [3.63, 3.8) is 0 Å². The molecule has 0 heterocycles. The van der Waals surface area contributed by atoms with Crippen LogP contribution < -0.4 is 27.4 Å².